The first-order valence-corrected chi connectivity index (χ1v) is 7.81. The van der Waals surface area contributed by atoms with E-state index >= 15 is 0 Å². The fraction of sp³-hybridized carbons (Fsp3) is 0.176. The molecule has 0 aromatic heterocycles. The molecule has 1 atom stereocenters. The van der Waals surface area contributed by atoms with E-state index in [2.05, 4.69) is 0 Å². The van der Waals surface area contributed by atoms with E-state index in [9.17, 15) is 31.4 Å². The fourth-order valence-electron chi connectivity index (χ4n) is 1.95. The number of aliphatic hydroxyl groups is 1. The molecule has 134 valence electrons. The Balaban J connectivity index is 2.28. The fourth-order valence-corrected chi connectivity index (χ4v) is 2.79. The quantitative estimate of drug-likeness (QED) is 0.522. The molecule has 1 N–H and O–H groups in total. The molecule has 0 spiro atoms. The van der Waals surface area contributed by atoms with Crippen LogP contribution in [-0.4, -0.2) is 11.3 Å². The van der Waals surface area contributed by atoms with Crippen LogP contribution in [0.1, 0.15) is 17.2 Å². The predicted octanol–water partition coefficient (Wildman–Crippen LogP) is 5.98. The van der Waals surface area contributed by atoms with Crippen molar-refractivity contribution < 1.29 is 31.4 Å². The number of halogens is 6. The second-order valence-corrected chi connectivity index (χ2v) is 5.97. The Labute approximate surface area is 144 Å². The minimum atomic E-state index is -4.83. The van der Waals surface area contributed by atoms with Crippen LogP contribution >= 0.6 is 11.8 Å². The van der Waals surface area contributed by atoms with E-state index in [1.54, 1.807) is 30.3 Å². The molecular weight excluding hydrogens is 366 g/mol. The van der Waals surface area contributed by atoms with Gasteiger partial charge in [0.1, 0.15) is 6.10 Å². The summed E-state index contributed by atoms with van der Waals surface area (Å²) in [6.45, 7) is 0. The highest BCUT2D eigenvalue weighted by atomic mass is 32.2. The second kappa shape index (κ2) is 7.53. The zero-order valence-corrected chi connectivity index (χ0v) is 13.3. The summed E-state index contributed by atoms with van der Waals surface area (Å²) in [5.41, 5.74) is -2.52. The van der Waals surface area contributed by atoms with Gasteiger partial charge < -0.3 is 5.11 Å². The lowest BCUT2D eigenvalue weighted by Crippen LogP contribution is -2.18. The summed E-state index contributed by atoms with van der Waals surface area (Å²) >= 11 is 0.764. The zero-order valence-electron chi connectivity index (χ0n) is 12.5. The second-order valence-electron chi connectivity index (χ2n) is 5.02. The third-order valence-electron chi connectivity index (χ3n) is 3.24. The van der Waals surface area contributed by atoms with E-state index < -0.39 is 29.6 Å². The van der Waals surface area contributed by atoms with Gasteiger partial charge in [-0.3, -0.25) is 0 Å². The lowest BCUT2D eigenvalue weighted by Gasteiger charge is -2.19. The lowest BCUT2D eigenvalue weighted by molar-refractivity contribution is -0.137. The van der Waals surface area contributed by atoms with E-state index in [1.807, 2.05) is 0 Å². The molecule has 1 unspecified atom stereocenters. The highest BCUT2D eigenvalue weighted by Crippen LogP contribution is 2.39. The van der Waals surface area contributed by atoms with Crippen molar-refractivity contribution in [2.24, 2.45) is 0 Å². The van der Waals surface area contributed by atoms with Crippen molar-refractivity contribution in [1.82, 2.24) is 0 Å². The van der Waals surface area contributed by atoms with E-state index in [4.69, 9.17) is 0 Å². The summed E-state index contributed by atoms with van der Waals surface area (Å²) in [6, 6.07) is 11.1. The molecule has 0 bridgehead atoms. The van der Waals surface area contributed by atoms with Crippen LogP contribution in [0.5, 0.6) is 0 Å². The third kappa shape index (κ3) is 5.27. The molecule has 0 aliphatic heterocycles. The molecule has 0 saturated heterocycles. The van der Waals surface area contributed by atoms with Crippen molar-refractivity contribution in [3.8, 4) is 0 Å². The van der Waals surface area contributed by atoms with Crippen molar-refractivity contribution in [2.75, 3.05) is 0 Å². The number of benzene rings is 2. The third-order valence-corrected chi connectivity index (χ3v) is 4.16. The SMILES string of the molecule is OC(/C(=C\Sc1ccccc1)C(F)(F)F)c1ccc(C(F)(F)F)cc1. The van der Waals surface area contributed by atoms with Gasteiger partial charge in [-0.2, -0.15) is 26.3 Å². The number of aliphatic hydroxyl groups excluding tert-OH is 1. The van der Waals surface area contributed by atoms with Gasteiger partial charge in [-0.25, -0.2) is 0 Å². The average molecular weight is 378 g/mol. The topological polar surface area (TPSA) is 20.2 Å². The molecular formula is C17H12F6OS. The van der Waals surface area contributed by atoms with Gasteiger partial charge in [-0.15, -0.1) is 0 Å². The van der Waals surface area contributed by atoms with E-state index in [0.717, 1.165) is 29.3 Å². The van der Waals surface area contributed by atoms with Gasteiger partial charge in [-0.1, -0.05) is 42.1 Å². The Morgan fingerprint density at radius 1 is 0.880 bits per heavy atom. The van der Waals surface area contributed by atoms with E-state index in [1.165, 1.54) is 0 Å². The van der Waals surface area contributed by atoms with Gasteiger partial charge >= 0.3 is 12.4 Å². The van der Waals surface area contributed by atoms with Crippen LogP contribution in [0.15, 0.2) is 70.5 Å². The van der Waals surface area contributed by atoms with Crippen molar-refractivity contribution >= 4 is 11.8 Å². The molecule has 2 aromatic rings. The van der Waals surface area contributed by atoms with Crippen molar-refractivity contribution in [3.63, 3.8) is 0 Å². The van der Waals surface area contributed by atoms with Crippen molar-refractivity contribution in [3.05, 3.63) is 76.7 Å². The summed E-state index contributed by atoms with van der Waals surface area (Å²) in [5.74, 6) is 0. The monoisotopic (exact) mass is 378 g/mol. The maximum absolute atomic E-state index is 13.2. The lowest BCUT2D eigenvalue weighted by atomic mass is 10.0. The largest absolute Gasteiger partial charge is 0.416 e. The first-order valence-electron chi connectivity index (χ1n) is 6.93. The van der Waals surface area contributed by atoms with Crippen molar-refractivity contribution in [2.45, 2.75) is 23.4 Å². The van der Waals surface area contributed by atoms with Crippen LogP contribution in [0.2, 0.25) is 0 Å². The van der Waals surface area contributed by atoms with Gasteiger partial charge in [0.15, 0.2) is 0 Å². The normalized spacial score (nSPS) is 14.4. The maximum Gasteiger partial charge on any atom is 0.416 e. The number of alkyl halides is 6. The summed E-state index contributed by atoms with van der Waals surface area (Å²) in [4.78, 5) is 0.531. The molecule has 25 heavy (non-hydrogen) atoms. The van der Waals surface area contributed by atoms with Gasteiger partial charge in [0.25, 0.3) is 0 Å². The standard InChI is InChI=1S/C17H12F6OS/c18-16(19,20)12-8-6-11(7-9-12)15(24)14(17(21,22)23)10-25-13-4-2-1-3-5-13/h1-10,15,24H/b14-10+. The van der Waals surface area contributed by atoms with Crippen LogP contribution in [0.3, 0.4) is 0 Å². The molecule has 0 saturated carbocycles. The Morgan fingerprint density at radius 3 is 1.92 bits per heavy atom. The van der Waals surface area contributed by atoms with Crippen LogP contribution in [0.25, 0.3) is 0 Å². The Hall–Kier alpha value is -1.93. The molecule has 1 nitrogen and oxygen atoms in total. The Bertz CT molecular complexity index is 720. The summed E-state index contributed by atoms with van der Waals surface area (Å²) in [7, 11) is 0. The molecule has 8 heteroatoms. The molecule has 0 aliphatic rings. The maximum atomic E-state index is 13.2. The van der Waals surface area contributed by atoms with Crippen LogP contribution in [0.4, 0.5) is 26.3 Å². The minimum absolute atomic E-state index is 0.273. The first-order chi connectivity index (χ1) is 11.6. The first kappa shape index (κ1) is 19.4. The molecule has 0 fully saturated rings. The molecule has 2 rings (SSSR count). The van der Waals surface area contributed by atoms with Gasteiger partial charge in [0.05, 0.1) is 11.1 Å². The van der Waals surface area contributed by atoms with E-state index in [0.29, 0.717) is 17.0 Å². The van der Waals surface area contributed by atoms with Crippen molar-refractivity contribution in [1.29, 1.82) is 0 Å². The number of rotatable bonds is 4. The highest BCUT2D eigenvalue weighted by Gasteiger charge is 2.39. The molecule has 0 amide bonds. The molecule has 0 radical (unpaired) electrons. The molecule has 0 heterocycles. The summed E-state index contributed by atoms with van der Waals surface area (Å²) < 4.78 is 77.2. The van der Waals surface area contributed by atoms with E-state index in [-0.39, 0.29) is 5.56 Å². The zero-order chi connectivity index (χ0) is 18.7. The number of thioether (sulfide) groups is 1. The smallest absolute Gasteiger partial charge is 0.384 e. The van der Waals surface area contributed by atoms with Gasteiger partial charge in [0.2, 0.25) is 0 Å². The minimum Gasteiger partial charge on any atom is -0.384 e. The Kier molecular flexibility index (Phi) is 5.84. The summed E-state index contributed by atoms with van der Waals surface area (Å²) in [6.07, 6.45) is -11.5. The molecule has 0 aliphatic carbocycles. The molecule has 2 aromatic carbocycles. The summed E-state index contributed by atoms with van der Waals surface area (Å²) in [5, 5.41) is 10.8. The number of hydrogen-bond acceptors (Lipinski definition) is 2. The van der Waals surface area contributed by atoms with Crippen LogP contribution < -0.4 is 0 Å². The Morgan fingerprint density at radius 2 is 1.44 bits per heavy atom. The van der Waals surface area contributed by atoms with Gasteiger partial charge in [0, 0.05) is 4.90 Å². The predicted molar refractivity (Wildman–Crippen MR) is 82.8 cm³/mol. The van der Waals surface area contributed by atoms with Crippen LogP contribution in [0, 0.1) is 0 Å². The van der Waals surface area contributed by atoms with Gasteiger partial charge in [-0.05, 0) is 35.2 Å². The average Bonchev–Trinajstić information content (AvgIpc) is 2.54. The number of hydrogen-bond donors (Lipinski definition) is 1. The highest BCUT2D eigenvalue weighted by molar-refractivity contribution is 8.02. The van der Waals surface area contributed by atoms with Crippen LogP contribution in [-0.2, 0) is 6.18 Å².